The first-order valence-corrected chi connectivity index (χ1v) is 27.8. The number of nitrogens with zero attached hydrogens (tertiary/aromatic N) is 6. The molecule has 380 valence electrons. The second kappa shape index (κ2) is 18.2. The molecule has 0 radical (unpaired) electrons. The minimum Gasteiger partial charge on any atom is -0.248 e. The summed E-state index contributed by atoms with van der Waals surface area (Å²) in [5.41, 5.74) is 26.4. The monoisotopic (exact) mass is 1040 g/mol. The normalized spacial score (nSPS) is 13.4. The van der Waals surface area contributed by atoms with Gasteiger partial charge in [-0.2, -0.15) is 5.10 Å². The van der Waals surface area contributed by atoms with Crippen molar-refractivity contribution in [3.63, 3.8) is 0 Å². The summed E-state index contributed by atoms with van der Waals surface area (Å²) in [7, 11) is 0. The van der Waals surface area contributed by atoms with Crippen molar-refractivity contribution < 1.29 is 0 Å². The summed E-state index contributed by atoms with van der Waals surface area (Å²) in [6.07, 6.45) is 0. The number of fused-ring (bicyclic) bond motifs is 12. The van der Waals surface area contributed by atoms with Crippen molar-refractivity contribution >= 4 is 45.4 Å². The minimum atomic E-state index is 0.766. The molecule has 0 saturated heterocycles. The molecule has 0 atom stereocenters. The van der Waals surface area contributed by atoms with E-state index in [0.29, 0.717) is 0 Å². The zero-order valence-corrected chi connectivity index (χ0v) is 44.1. The Morgan fingerprint density at radius 3 is 1.27 bits per heavy atom. The van der Waals surface area contributed by atoms with Crippen LogP contribution in [0.25, 0.3) is 78.0 Å². The van der Waals surface area contributed by atoms with Crippen LogP contribution in [0.3, 0.4) is 0 Å². The molecule has 0 aromatic heterocycles. The topological polar surface area (TPSA) is 77.1 Å². The van der Waals surface area contributed by atoms with Gasteiger partial charge >= 0.3 is 0 Å². The highest BCUT2D eigenvalue weighted by Gasteiger charge is 2.38. The number of benzene rings is 12. The van der Waals surface area contributed by atoms with Gasteiger partial charge < -0.3 is 0 Å². The molecule has 0 spiro atoms. The number of allylic oxidation sites excluding steroid dienone is 1. The van der Waals surface area contributed by atoms with Gasteiger partial charge in [0.15, 0.2) is 0 Å². The first kappa shape index (κ1) is 45.8. The first-order valence-electron chi connectivity index (χ1n) is 27.8. The van der Waals surface area contributed by atoms with Crippen LogP contribution in [0.15, 0.2) is 292 Å². The molecule has 7 nitrogen and oxygen atoms in total. The average molecular weight is 1040 g/mol. The van der Waals surface area contributed by atoms with Crippen LogP contribution in [0.2, 0.25) is 0 Å². The summed E-state index contributed by atoms with van der Waals surface area (Å²) in [5, 5.41) is 16.2. The average Bonchev–Trinajstić information content (AvgIpc) is 4.29. The van der Waals surface area contributed by atoms with Crippen molar-refractivity contribution in [3.05, 3.63) is 326 Å². The molecular formula is C75H45N7. The fourth-order valence-corrected chi connectivity index (χ4v) is 13.1. The Bertz CT molecular complexity index is 5290. The molecular weight excluding hydrogens is 999 g/mol. The smallest absolute Gasteiger partial charge is 0.103 e. The summed E-state index contributed by atoms with van der Waals surface area (Å²) in [5.74, 6) is 0. The molecule has 0 amide bonds. The molecule has 1 N–H and O–H groups in total. The van der Waals surface area contributed by atoms with Gasteiger partial charge in [-0.1, -0.05) is 212 Å². The highest BCUT2D eigenvalue weighted by molar-refractivity contribution is 6.42. The van der Waals surface area contributed by atoms with Gasteiger partial charge in [-0.05, 0) is 99.1 Å². The molecule has 82 heavy (non-hydrogen) atoms. The largest absolute Gasteiger partial charge is 0.248 e. The summed E-state index contributed by atoms with van der Waals surface area (Å²) in [4.78, 5) is 21.8. The van der Waals surface area contributed by atoms with Crippen molar-refractivity contribution in [1.29, 1.82) is 0 Å². The van der Waals surface area contributed by atoms with Gasteiger partial charge in [0, 0.05) is 65.4 Å². The van der Waals surface area contributed by atoms with Crippen LogP contribution >= 0.6 is 0 Å². The van der Waals surface area contributed by atoms with E-state index in [0.717, 1.165) is 171 Å². The van der Waals surface area contributed by atoms with Crippen LogP contribution in [0.5, 0.6) is 0 Å². The summed E-state index contributed by atoms with van der Waals surface area (Å²) >= 11 is 0. The Labute approximate surface area is 471 Å². The van der Waals surface area contributed by atoms with E-state index in [1.54, 1.807) is 0 Å². The molecule has 12 aromatic carbocycles. The Morgan fingerprint density at radius 1 is 0.268 bits per heavy atom. The van der Waals surface area contributed by atoms with Gasteiger partial charge in [0.05, 0.1) is 55.6 Å². The van der Waals surface area contributed by atoms with Gasteiger partial charge in [0.1, 0.15) is 5.71 Å². The number of rotatable bonds is 8. The molecule has 0 bridgehead atoms. The van der Waals surface area contributed by atoms with Crippen molar-refractivity contribution in [2.75, 3.05) is 5.01 Å². The zero-order chi connectivity index (χ0) is 53.8. The molecule has 5 heterocycles. The lowest BCUT2D eigenvalue weighted by atomic mass is 9.81. The van der Waals surface area contributed by atoms with Gasteiger partial charge in [-0.15, -0.1) is 0 Å². The molecule has 0 saturated carbocycles. The third-order valence-corrected chi connectivity index (χ3v) is 16.6. The second-order valence-corrected chi connectivity index (χ2v) is 21.1. The van der Waals surface area contributed by atoms with Crippen molar-refractivity contribution in [3.8, 4) is 66.8 Å². The quantitative estimate of drug-likeness (QED) is 0.165. The van der Waals surface area contributed by atoms with Crippen LogP contribution in [0.1, 0.15) is 16.7 Å². The lowest BCUT2D eigenvalue weighted by molar-refractivity contribution is 0.762. The Balaban J connectivity index is 1.01. The molecule has 0 unspecified atom stereocenters. The number of nitrogens with one attached hydrogen (secondary N) is 1. The molecule has 7 heteroatoms. The highest BCUT2D eigenvalue weighted by Crippen LogP contribution is 2.55. The van der Waals surface area contributed by atoms with E-state index in [2.05, 4.69) is 277 Å². The number of para-hydroxylation sites is 2. The van der Waals surface area contributed by atoms with Crippen LogP contribution in [-0.2, 0) is 0 Å². The van der Waals surface area contributed by atoms with Gasteiger partial charge in [0.25, 0.3) is 0 Å². The third kappa shape index (κ3) is 6.93. The maximum Gasteiger partial charge on any atom is 0.103 e. The van der Waals surface area contributed by atoms with Crippen molar-refractivity contribution in [2.24, 2.45) is 25.1 Å². The maximum absolute atomic E-state index is 5.87. The van der Waals surface area contributed by atoms with Crippen LogP contribution in [0, 0.1) is 20.9 Å². The third-order valence-electron chi connectivity index (χ3n) is 16.6. The predicted molar refractivity (Wildman–Crippen MR) is 329 cm³/mol. The number of hydrogen-bond donors (Lipinski definition) is 1. The number of hydrogen-bond acceptors (Lipinski definition) is 7. The fraction of sp³-hybridized carbons (Fsp3) is 0. The Morgan fingerprint density at radius 2 is 0.707 bits per heavy atom. The van der Waals surface area contributed by atoms with Gasteiger partial charge in [-0.25, -0.2) is 30.5 Å². The maximum atomic E-state index is 5.87. The molecule has 0 aliphatic carbocycles. The Hall–Kier alpha value is -11.2. The number of anilines is 1. The standard InChI is InChI=1S/C75H45N7/c1-5-21-45(22-6-1)49-29-13-15-31-51(49)55-37-41-61-67(68-62(76-61)42-38-56-53-33-17-19-35-59(53)78-71(56)68)66(55)73-65(47-25-9-3-10-26-47)74(48-27-11-4-12-28-48)82(81-80-73)75-58(52-32-16-14-30-50(52)46-23-7-2-8-24-46)40-44-64-70(75)69-63(77-64)43-39-57-54-34-18-20-36-60(54)79-72(57)69/h1-44,81H. The van der Waals surface area contributed by atoms with E-state index in [9.17, 15) is 0 Å². The molecule has 5 aliphatic heterocycles. The highest BCUT2D eigenvalue weighted by atomic mass is 15.7. The van der Waals surface area contributed by atoms with E-state index >= 15 is 0 Å². The zero-order valence-electron chi connectivity index (χ0n) is 44.1. The fourth-order valence-electron chi connectivity index (χ4n) is 13.1. The van der Waals surface area contributed by atoms with E-state index in [-0.39, 0.29) is 0 Å². The molecule has 0 fully saturated rings. The predicted octanol–water partition coefficient (Wildman–Crippen LogP) is 15.6. The Kier molecular flexibility index (Phi) is 10.2. The van der Waals surface area contributed by atoms with Gasteiger partial charge in [-0.3, -0.25) is 0 Å². The van der Waals surface area contributed by atoms with E-state index in [4.69, 9.17) is 25.1 Å². The van der Waals surface area contributed by atoms with Crippen LogP contribution in [-0.4, -0.2) is 5.71 Å². The van der Waals surface area contributed by atoms with Crippen LogP contribution < -0.4 is 32.0 Å². The van der Waals surface area contributed by atoms with Crippen LogP contribution in [0.4, 0.5) is 28.4 Å². The van der Waals surface area contributed by atoms with Gasteiger partial charge in [0.2, 0.25) is 0 Å². The lowest BCUT2D eigenvalue weighted by Crippen LogP contribution is -2.39. The van der Waals surface area contributed by atoms with Crippen molar-refractivity contribution in [1.82, 2.24) is 5.53 Å². The number of hydrazone groups is 1. The second-order valence-electron chi connectivity index (χ2n) is 21.1. The van der Waals surface area contributed by atoms with E-state index in [1.165, 1.54) is 0 Å². The minimum absolute atomic E-state index is 0.766. The lowest BCUT2D eigenvalue weighted by Gasteiger charge is -2.37. The van der Waals surface area contributed by atoms with E-state index in [1.807, 2.05) is 0 Å². The summed E-state index contributed by atoms with van der Waals surface area (Å²) < 4.78 is 0. The number of hydrazine groups is 1. The molecule has 5 aliphatic rings. The van der Waals surface area contributed by atoms with E-state index < -0.39 is 0 Å². The molecule has 17 rings (SSSR count). The van der Waals surface area contributed by atoms with Crippen molar-refractivity contribution in [2.45, 2.75) is 0 Å². The summed E-state index contributed by atoms with van der Waals surface area (Å²) in [6.45, 7) is 0. The SMILES string of the molecule is c1ccc(C2=C(c3ccccc3)N(c3c(-c4ccccc4-c4ccccc4)ccc4c3-c3c5c(ccc3=N4)=c3ccccc3=N5)NN=C2c2c(-c3ccccc3-c3ccccc3)ccc3c2-c2c4c(ccc2=N3)=c2ccccc2=N4)cc1. The summed E-state index contributed by atoms with van der Waals surface area (Å²) in [6, 6.07) is 94.8. The molecule has 12 aromatic rings. The first-order chi connectivity index (χ1) is 40.7.